The molecular formula is C20H16ClNO3. The van der Waals surface area contributed by atoms with Gasteiger partial charge in [-0.15, -0.1) is 0 Å². The van der Waals surface area contributed by atoms with Gasteiger partial charge in [0.25, 0.3) is 5.91 Å². The Morgan fingerprint density at radius 1 is 0.920 bits per heavy atom. The van der Waals surface area contributed by atoms with Gasteiger partial charge in [0.05, 0.1) is 5.56 Å². The van der Waals surface area contributed by atoms with Crippen molar-refractivity contribution in [2.75, 3.05) is 6.61 Å². The zero-order chi connectivity index (χ0) is 17.6. The molecular weight excluding hydrogens is 338 g/mol. The van der Waals surface area contributed by atoms with Crippen LogP contribution in [-0.2, 0) is 16.1 Å². The number of fused-ring (bicyclic) bond motifs is 1. The molecule has 0 saturated carbocycles. The van der Waals surface area contributed by atoms with E-state index in [0.717, 1.165) is 16.3 Å². The maximum absolute atomic E-state index is 12.1. The lowest BCUT2D eigenvalue weighted by Gasteiger charge is -2.07. The molecule has 3 rings (SSSR count). The predicted octanol–water partition coefficient (Wildman–Crippen LogP) is 3.97. The third-order valence-electron chi connectivity index (χ3n) is 3.72. The van der Waals surface area contributed by atoms with Gasteiger partial charge in [0, 0.05) is 11.6 Å². The lowest BCUT2D eigenvalue weighted by Crippen LogP contribution is -2.28. The average Bonchev–Trinajstić information content (AvgIpc) is 2.65. The maximum atomic E-state index is 12.1. The Morgan fingerprint density at radius 2 is 1.64 bits per heavy atom. The summed E-state index contributed by atoms with van der Waals surface area (Å²) >= 11 is 5.81. The van der Waals surface area contributed by atoms with Crippen molar-refractivity contribution in [3.63, 3.8) is 0 Å². The summed E-state index contributed by atoms with van der Waals surface area (Å²) in [7, 11) is 0. The fourth-order valence-corrected chi connectivity index (χ4v) is 2.51. The summed E-state index contributed by atoms with van der Waals surface area (Å²) in [6.45, 7) is 0.0305. The van der Waals surface area contributed by atoms with Crippen LogP contribution in [0.5, 0.6) is 0 Å². The van der Waals surface area contributed by atoms with Gasteiger partial charge in [0.15, 0.2) is 6.61 Å². The Balaban J connectivity index is 1.52. The first-order chi connectivity index (χ1) is 12.1. The number of hydrogen-bond donors (Lipinski definition) is 1. The molecule has 0 aromatic heterocycles. The summed E-state index contributed by atoms with van der Waals surface area (Å²) in [6, 6.07) is 20.2. The molecule has 0 saturated heterocycles. The lowest BCUT2D eigenvalue weighted by molar-refractivity contribution is -0.124. The van der Waals surface area contributed by atoms with Crippen LogP contribution < -0.4 is 5.32 Å². The van der Waals surface area contributed by atoms with Crippen molar-refractivity contribution in [3.8, 4) is 0 Å². The van der Waals surface area contributed by atoms with Crippen molar-refractivity contribution in [2.45, 2.75) is 6.54 Å². The number of amides is 1. The summed E-state index contributed by atoms with van der Waals surface area (Å²) < 4.78 is 5.07. The van der Waals surface area contributed by atoms with Crippen LogP contribution in [0.25, 0.3) is 10.8 Å². The van der Waals surface area contributed by atoms with E-state index in [1.54, 1.807) is 24.3 Å². The molecule has 126 valence electrons. The van der Waals surface area contributed by atoms with Crippen molar-refractivity contribution < 1.29 is 14.3 Å². The molecule has 0 aliphatic carbocycles. The molecule has 4 nitrogen and oxygen atoms in total. The third-order valence-corrected chi connectivity index (χ3v) is 3.97. The Labute approximate surface area is 150 Å². The molecule has 1 N–H and O–H groups in total. The molecule has 3 aromatic carbocycles. The van der Waals surface area contributed by atoms with Crippen molar-refractivity contribution >= 4 is 34.2 Å². The molecule has 0 aliphatic rings. The SMILES string of the molecule is O=C(COC(=O)c1ccc2ccccc2c1)NCc1ccc(Cl)cc1. The van der Waals surface area contributed by atoms with Gasteiger partial charge in [-0.3, -0.25) is 4.79 Å². The van der Waals surface area contributed by atoms with Gasteiger partial charge in [-0.2, -0.15) is 0 Å². The van der Waals surface area contributed by atoms with Gasteiger partial charge in [0.1, 0.15) is 0 Å². The van der Waals surface area contributed by atoms with Crippen molar-refractivity contribution in [3.05, 3.63) is 82.9 Å². The molecule has 25 heavy (non-hydrogen) atoms. The van der Waals surface area contributed by atoms with E-state index in [1.165, 1.54) is 0 Å². The highest BCUT2D eigenvalue weighted by atomic mass is 35.5. The number of halogens is 1. The second kappa shape index (κ2) is 7.81. The predicted molar refractivity (Wildman–Crippen MR) is 97.5 cm³/mol. The molecule has 0 radical (unpaired) electrons. The van der Waals surface area contributed by atoms with Crippen LogP contribution in [0.15, 0.2) is 66.7 Å². The minimum absolute atomic E-state index is 0.320. The largest absolute Gasteiger partial charge is 0.452 e. The van der Waals surface area contributed by atoms with Crippen LogP contribution in [-0.4, -0.2) is 18.5 Å². The zero-order valence-electron chi connectivity index (χ0n) is 13.4. The molecule has 0 aliphatic heterocycles. The number of carbonyl (C=O) groups is 2. The van der Waals surface area contributed by atoms with E-state index in [9.17, 15) is 9.59 Å². The molecule has 1 amide bonds. The Hall–Kier alpha value is -2.85. The third kappa shape index (κ3) is 4.58. The van der Waals surface area contributed by atoms with Crippen LogP contribution in [0.2, 0.25) is 5.02 Å². The molecule has 0 unspecified atom stereocenters. The molecule has 3 aromatic rings. The number of nitrogens with one attached hydrogen (secondary N) is 1. The van der Waals surface area contributed by atoms with Crippen LogP contribution in [0.3, 0.4) is 0 Å². The van der Waals surface area contributed by atoms with E-state index in [0.29, 0.717) is 17.1 Å². The number of benzene rings is 3. The number of rotatable bonds is 5. The van der Waals surface area contributed by atoms with Gasteiger partial charge >= 0.3 is 5.97 Å². The van der Waals surface area contributed by atoms with Crippen LogP contribution in [0.1, 0.15) is 15.9 Å². The first-order valence-electron chi connectivity index (χ1n) is 7.79. The van der Waals surface area contributed by atoms with Gasteiger partial charge in [-0.25, -0.2) is 4.79 Å². The number of carbonyl (C=O) groups excluding carboxylic acids is 2. The smallest absolute Gasteiger partial charge is 0.338 e. The highest BCUT2D eigenvalue weighted by Gasteiger charge is 2.10. The van der Waals surface area contributed by atoms with Crippen molar-refractivity contribution in [1.82, 2.24) is 5.32 Å². The Bertz CT molecular complexity index is 906. The number of ether oxygens (including phenoxy) is 1. The minimum Gasteiger partial charge on any atom is -0.452 e. The summed E-state index contributed by atoms with van der Waals surface area (Å²) in [5, 5.41) is 5.32. The second-order valence-electron chi connectivity index (χ2n) is 5.54. The van der Waals surface area contributed by atoms with Gasteiger partial charge in [0.2, 0.25) is 0 Å². The molecule has 0 heterocycles. The molecule has 0 bridgehead atoms. The van der Waals surface area contributed by atoms with Crippen LogP contribution in [0, 0.1) is 0 Å². The fourth-order valence-electron chi connectivity index (χ4n) is 2.38. The molecule has 0 atom stereocenters. The van der Waals surface area contributed by atoms with Gasteiger partial charge in [-0.1, -0.05) is 54.1 Å². The molecule has 0 fully saturated rings. The summed E-state index contributed by atoms with van der Waals surface area (Å²) in [6.07, 6.45) is 0. The first-order valence-corrected chi connectivity index (χ1v) is 8.17. The number of hydrogen-bond acceptors (Lipinski definition) is 3. The van der Waals surface area contributed by atoms with E-state index in [2.05, 4.69) is 5.32 Å². The van der Waals surface area contributed by atoms with E-state index in [-0.39, 0.29) is 12.5 Å². The molecule has 5 heteroatoms. The second-order valence-corrected chi connectivity index (χ2v) is 5.98. The van der Waals surface area contributed by atoms with E-state index in [1.807, 2.05) is 42.5 Å². The fraction of sp³-hybridized carbons (Fsp3) is 0.100. The summed E-state index contributed by atoms with van der Waals surface area (Å²) in [4.78, 5) is 23.9. The number of esters is 1. The van der Waals surface area contributed by atoms with Gasteiger partial charge in [-0.05, 0) is 40.6 Å². The summed E-state index contributed by atoms with van der Waals surface area (Å²) in [5.41, 5.74) is 1.34. The normalized spacial score (nSPS) is 10.4. The topological polar surface area (TPSA) is 55.4 Å². The van der Waals surface area contributed by atoms with E-state index >= 15 is 0 Å². The standard InChI is InChI=1S/C20H16ClNO3/c21-18-9-5-14(6-10-18)12-22-19(23)13-25-20(24)17-8-7-15-3-1-2-4-16(15)11-17/h1-11H,12-13H2,(H,22,23). The minimum atomic E-state index is -0.521. The Morgan fingerprint density at radius 3 is 2.40 bits per heavy atom. The highest BCUT2D eigenvalue weighted by molar-refractivity contribution is 6.30. The average molecular weight is 354 g/mol. The van der Waals surface area contributed by atoms with E-state index in [4.69, 9.17) is 16.3 Å². The van der Waals surface area contributed by atoms with E-state index < -0.39 is 5.97 Å². The Kier molecular flexibility index (Phi) is 5.31. The monoisotopic (exact) mass is 353 g/mol. The van der Waals surface area contributed by atoms with Crippen molar-refractivity contribution in [2.24, 2.45) is 0 Å². The zero-order valence-corrected chi connectivity index (χ0v) is 14.1. The lowest BCUT2D eigenvalue weighted by atomic mass is 10.1. The highest BCUT2D eigenvalue weighted by Crippen LogP contribution is 2.16. The molecule has 0 spiro atoms. The van der Waals surface area contributed by atoms with Crippen LogP contribution in [0.4, 0.5) is 0 Å². The van der Waals surface area contributed by atoms with Crippen LogP contribution >= 0.6 is 11.6 Å². The van der Waals surface area contributed by atoms with Crippen molar-refractivity contribution in [1.29, 1.82) is 0 Å². The van der Waals surface area contributed by atoms with Gasteiger partial charge < -0.3 is 10.1 Å². The quantitative estimate of drug-likeness (QED) is 0.706. The maximum Gasteiger partial charge on any atom is 0.338 e. The first kappa shape index (κ1) is 17.0. The summed E-state index contributed by atoms with van der Waals surface area (Å²) in [5.74, 6) is -0.878.